The highest BCUT2D eigenvalue weighted by molar-refractivity contribution is 4.78. The molecule has 2 atom stereocenters. The summed E-state index contributed by atoms with van der Waals surface area (Å²) in [5.41, 5.74) is 0.600. The van der Waals surface area contributed by atoms with Crippen molar-refractivity contribution in [1.82, 2.24) is 0 Å². The lowest BCUT2D eigenvalue weighted by molar-refractivity contribution is 0.161. The van der Waals surface area contributed by atoms with Crippen molar-refractivity contribution in [2.75, 3.05) is 0 Å². The fourth-order valence-electron chi connectivity index (χ4n) is 2.39. The Morgan fingerprint density at radius 3 is 2.07 bits per heavy atom. The molecule has 0 aliphatic rings. The SMILES string of the molecule is CCCCCC(C)C(C)(CC)CCC. The van der Waals surface area contributed by atoms with Gasteiger partial charge in [0.2, 0.25) is 0 Å². The van der Waals surface area contributed by atoms with Gasteiger partial charge in [0.15, 0.2) is 0 Å². The maximum atomic E-state index is 2.48. The normalized spacial score (nSPS) is 17.8. The summed E-state index contributed by atoms with van der Waals surface area (Å²) in [4.78, 5) is 0. The zero-order chi connectivity index (χ0) is 11.0. The molecule has 0 aromatic rings. The molecule has 0 rings (SSSR count). The lowest BCUT2D eigenvalue weighted by Gasteiger charge is -2.35. The molecular weight excluding hydrogens is 168 g/mol. The Hall–Kier alpha value is 0. The number of unbranched alkanes of at least 4 members (excludes halogenated alkanes) is 2. The molecule has 0 bridgehead atoms. The second kappa shape index (κ2) is 7.31. The first kappa shape index (κ1) is 14.0. The van der Waals surface area contributed by atoms with Crippen LogP contribution in [0.2, 0.25) is 0 Å². The van der Waals surface area contributed by atoms with Crippen molar-refractivity contribution >= 4 is 0 Å². The van der Waals surface area contributed by atoms with Crippen LogP contribution in [0.25, 0.3) is 0 Å². The van der Waals surface area contributed by atoms with E-state index in [1.54, 1.807) is 0 Å². The van der Waals surface area contributed by atoms with Gasteiger partial charge in [-0.3, -0.25) is 0 Å². The number of hydrogen-bond donors (Lipinski definition) is 0. The summed E-state index contributed by atoms with van der Waals surface area (Å²) in [5.74, 6) is 0.902. The second-order valence-corrected chi connectivity index (χ2v) is 5.15. The molecule has 0 spiro atoms. The van der Waals surface area contributed by atoms with E-state index in [0.29, 0.717) is 5.41 Å². The van der Waals surface area contributed by atoms with E-state index in [1.165, 1.54) is 44.9 Å². The smallest absolute Gasteiger partial charge is 0.0303 e. The van der Waals surface area contributed by atoms with E-state index in [9.17, 15) is 0 Å². The van der Waals surface area contributed by atoms with Gasteiger partial charge in [-0.25, -0.2) is 0 Å². The van der Waals surface area contributed by atoms with Crippen molar-refractivity contribution in [2.45, 2.75) is 79.6 Å². The van der Waals surface area contributed by atoms with Crippen LogP contribution in [0.15, 0.2) is 0 Å². The van der Waals surface area contributed by atoms with Crippen LogP contribution in [0.3, 0.4) is 0 Å². The van der Waals surface area contributed by atoms with Crippen molar-refractivity contribution < 1.29 is 0 Å². The van der Waals surface area contributed by atoms with Gasteiger partial charge in [-0.1, -0.05) is 73.1 Å². The third kappa shape index (κ3) is 4.48. The van der Waals surface area contributed by atoms with Crippen molar-refractivity contribution in [3.63, 3.8) is 0 Å². The van der Waals surface area contributed by atoms with Gasteiger partial charge in [0.25, 0.3) is 0 Å². The van der Waals surface area contributed by atoms with Crippen LogP contribution in [0.1, 0.15) is 79.6 Å². The molecule has 0 fully saturated rings. The van der Waals surface area contributed by atoms with Crippen molar-refractivity contribution in [2.24, 2.45) is 11.3 Å². The number of hydrogen-bond acceptors (Lipinski definition) is 0. The maximum Gasteiger partial charge on any atom is -0.0303 e. The first-order valence-corrected chi connectivity index (χ1v) is 6.60. The third-order valence-corrected chi connectivity index (χ3v) is 4.06. The molecule has 14 heavy (non-hydrogen) atoms. The zero-order valence-electron chi connectivity index (χ0n) is 11.0. The van der Waals surface area contributed by atoms with Crippen LogP contribution in [0.4, 0.5) is 0 Å². The second-order valence-electron chi connectivity index (χ2n) is 5.15. The van der Waals surface area contributed by atoms with E-state index in [2.05, 4.69) is 34.6 Å². The molecule has 0 aliphatic heterocycles. The highest BCUT2D eigenvalue weighted by Crippen LogP contribution is 2.38. The summed E-state index contributed by atoms with van der Waals surface area (Å²) in [6.07, 6.45) is 9.70. The Labute approximate surface area is 91.5 Å². The Morgan fingerprint density at radius 1 is 1.00 bits per heavy atom. The summed E-state index contributed by atoms with van der Waals surface area (Å²) in [6, 6.07) is 0. The molecular formula is C14H30. The summed E-state index contributed by atoms with van der Waals surface area (Å²) >= 11 is 0. The molecule has 0 aromatic heterocycles. The van der Waals surface area contributed by atoms with Gasteiger partial charge in [-0.2, -0.15) is 0 Å². The molecule has 0 aromatic carbocycles. The summed E-state index contributed by atoms with van der Waals surface area (Å²) in [7, 11) is 0. The van der Waals surface area contributed by atoms with E-state index in [4.69, 9.17) is 0 Å². The van der Waals surface area contributed by atoms with E-state index in [1.807, 2.05) is 0 Å². The van der Waals surface area contributed by atoms with Crippen molar-refractivity contribution in [1.29, 1.82) is 0 Å². The fraction of sp³-hybridized carbons (Fsp3) is 1.00. The fourth-order valence-corrected chi connectivity index (χ4v) is 2.39. The minimum atomic E-state index is 0.600. The predicted molar refractivity (Wildman–Crippen MR) is 66.6 cm³/mol. The van der Waals surface area contributed by atoms with Gasteiger partial charge in [0.05, 0.1) is 0 Å². The van der Waals surface area contributed by atoms with E-state index < -0.39 is 0 Å². The highest BCUT2D eigenvalue weighted by Gasteiger charge is 2.27. The average Bonchev–Trinajstić information content (AvgIpc) is 2.18. The minimum Gasteiger partial charge on any atom is -0.0654 e. The van der Waals surface area contributed by atoms with Crippen LogP contribution >= 0.6 is 0 Å². The molecule has 0 heteroatoms. The van der Waals surface area contributed by atoms with Crippen LogP contribution < -0.4 is 0 Å². The topological polar surface area (TPSA) is 0 Å². The zero-order valence-corrected chi connectivity index (χ0v) is 11.0. The third-order valence-electron chi connectivity index (χ3n) is 4.06. The molecule has 0 saturated carbocycles. The molecule has 2 unspecified atom stereocenters. The Bertz CT molecular complexity index is 128. The first-order chi connectivity index (χ1) is 6.60. The maximum absolute atomic E-state index is 2.48. The lowest BCUT2D eigenvalue weighted by atomic mass is 9.71. The monoisotopic (exact) mass is 198 g/mol. The summed E-state index contributed by atoms with van der Waals surface area (Å²) in [6.45, 7) is 11.9. The Balaban J connectivity index is 3.95. The summed E-state index contributed by atoms with van der Waals surface area (Å²) in [5, 5.41) is 0. The molecule has 86 valence electrons. The van der Waals surface area contributed by atoms with Crippen molar-refractivity contribution in [3.8, 4) is 0 Å². The molecule has 0 aliphatic carbocycles. The lowest BCUT2D eigenvalue weighted by Crippen LogP contribution is -2.24. The molecule has 0 heterocycles. The largest absolute Gasteiger partial charge is 0.0654 e. The van der Waals surface area contributed by atoms with Crippen LogP contribution in [-0.4, -0.2) is 0 Å². The van der Waals surface area contributed by atoms with Crippen LogP contribution in [-0.2, 0) is 0 Å². The van der Waals surface area contributed by atoms with Gasteiger partial charge >= 0.3 is 0 Å². The van der Waals surface area contributed by atoms with Gasteiger partial charge in [0.1, 0.15) is 0 Å². The van der Waals surface area contributed by atoms with E-state index >= 15 is 0 Å². The van der Waals surface area contributed by atoms with Crippen LogP contribution in [0.5, 0.6) is 0 Å². The first-order valence-electron chi connectivity index (χ1n) is 6.60. The quantitative estimate of drug-likeness (QED) is 0.457. The van der Waals surface area contributed by atoms with Crippen molar-refractivity contribution in [3.05, 3.63) is 0 Å². The minimum absolute atomic E-state index is 0.600. The van der Waals surface area contributed by atoms with Gasteiger partial charge in [-0.05, 0) is 17.8 Å². The van der Waals surface area contributed by atoms with E-state index in [-0.39, 0.29) is 0 Å². The van der Waals surface area contributed by atoms with Gasteiger partial charge in [0, 0.05) is 0 Å². The predicted octanol–water partition coefficient (Wildman–Crippen LogP) is 5.42. The molecule has 0 saturated heterocycles. The average molecular weight is 198 g/mol. The number of rotatable bonds is 8. The van der Waals surface area contributed by atoms with E-state index in [0.717, 1.165) is 5.92 Å². The van der Waals surface area contributed by atoms with Gasteiger partial charge < -0.3 is 0 Å². The molecule has 0 nitrogen and oxygen atoms in total. The molecule has 0 amide bonds. The Kier molecular flexibility index (Phi) is 7.31. The highest BCUT2D eigenvalue weighted by atomic mass is 14.3. The molecule has 0 N–H and O–H groups in total. The molecule has 0 radical (unpaired) electrons. The van der Waals surface area contributed by atoms with Crippen LogP contribution in [0, 0.1) is 11.3 Å². The van der Waals surface area contributed by atoms with Gasteiger partial charge in [-0.15, -0.1) is 0 Å². The standard InChI is InChI=1S/C14H30/c1-6-9-10-11-13(4)14(5,8-3)12-7-2/h13H,6-12H2,1-5H3. The Morgan fingerprint density at radius 2 is 1.64 bits per heavy atom. The summed E-state index contributed by atoms with van der Waals surface area (Å²) < 4.78 is 0.